The zero-order valence-corrected chi connectivity index (χ0v) is 17.5. The van der Waals surface area contributed by atoms with E-state index < -0.39 is 11.6 Å². The van der Waals surface area contributed by atoms with Gasteiger partial charge in [-0.3, -0.25) is 9.78 Å². The second-order valence-corrected chi connectivity index (χ2v) is 8.76. The molecule has 31 heavy (non-hydrogen) atoms. The molecule has 5 heteroatoms. The Kier molecular flexibility index (Phi) is 5.20. The van der Waals surface area contributed by atoms with Gasteiger partial charge in [-0.05, 0) is 72.4 Å². The molecule has 0 amide bonds. The van der Waals surface area contributed by atoms with Crippen molar-refractivity contribution >= 4 is 17.1 Å². The monoisotopic (exact) mass is 431 g/mol. The van der Waals surface area contributed by atoms with E-state index in [9.17, 15) is 13.6 Å². The summed E-state index contributed by atoms with van der Waals surface area (Å²) < 4.78 is 28.0. The number of carbonyl (C=O) groups excluding carboxylic acids is 1. The number of halogens is 2. The highest BCUT2D eigenvalue weighted by atomic mass is 32.1. The van der Waals surface area contributed by atoms with E-state index in [0.717, 1.165) is 46.5 Å². The molecule has 154 valence electrons. The molecule has 0 radical (unpaired) electrons. The number of nitrogens with zero attached hydrogens (tertiary/aromatic N) is 1. The number of fused-ring (bicyclic) bond motifs is 3. The van der Waals surface area contributed by atoms with Crippen LogP contribution in [0.4, 0.5) is 8.78 Å². The van der Waals surface area contributed by atoms with Crippen molar-refractivity contribution in [3.63, 3.8) is 0 Å². The van der Waals surface area contributed by atoms with Crippen molar-refractivity contribution in [3.05, 3.63) is 100 Å². The van der Waals surface area contributed by atoms with Crippen molar-refractivity contribution in [3.8, 4) is 21.7 Å². The minimum atomic E-state index is -0.684. The molecule has 4 aromatic rings. The summed E-state index contributed by atoms with van der Waals surface area (Å²) in [6.45, 7) is 0. The van der Waals surface area contributed by atoms with Crippen LogP contribution in [-0.4, -0.2) is 10.8 Å². The lowest BCUT2D eigenvalue weighted by Gasteiger charge is -2.09. The number of hydrogen-bond donors (Lipinski definition) is 0. The van der Waals surface area contributed by atoms with Gasteiger partial charge in [-0.25, -0.2) is 8.78 Å². The Morgan fingerprint density at radius 2 is 1.74 bits per heavy atom. The minimum absolute atomic E-state index is 0.172. The lowest BCUT2D eigenvalue weighted by molar-refractivity contribution is 0.0994. The van der Waals surface area contributed by atoms with Gasteiger partial charge in [0.2, 0.25) is 0 Å². The Morgan fingerprint density at radius 3 is 2.52 bits per heavy atom. The maximum absolute atomic E-state index is 14.0. The largest absolute Gasteiger partial charge is 0.293 e. The second-order valence-electron chi connectivity index (χ2n) is 7.71. The van der Waals surface area contributed by atoms with Crippen molar-refractivity contribution < 1.29 is 13.6 Å². The van der Waals surface area contributed by atoms with Crippen LogP contribution in [0.5, 0.6) is 0 Å². The van der Waals surface area contributed by atoms with Crippen molar-refractivity contribution in [2.24, 2.45) is 0 Å². The predicted octanol–water partition coefficient (Wildman–Crippen LogP) is 6.67. The molecule has 0 fully saturated rings. The molecule has 0 N–H and O–H groups in total. The average molecular weight is 432 g/mol. The molecule has 0 saturated heterocycles. The lowest BCUT2D eigenvalue weighted by atomic mass is 9.99. The van der Waals surface area contributed by atoms with E-state index in [1.165, 1.54) is 35.1 Å². The van der Waals surface area contributed by atoms with Gasteiger partial charge in [0.05, 0.1) is 10.6 Å². The van der Waals surface area contributed by atoms with E-state index in [2.05, 4.69) is 23.2 Å². The third kappa shape index (κ3) is 3.81. The lowest BCUT2D eigenvalue weighted by Crippen LogP contribution is -2.05. The zero-order valence-electron chi connectivity index (χ0n) is 16.7. The van der Waals surface area contributed by atoms with Crippen LogP contribution >= 0.6 is 11.3 Å². The normalized spacial score (nSPS) is 12.7. The van der Waals surface area contributed by atoms with Crippen molar-refractivity contribution in [2.75, 3.05) is 0 Å². The summed E-state index contributed by atoms with van der Waals surface area (Å²) in [5, 5.41) is 0. The van der Waals surface area contributed by atoms with Gasteiger partial charge in [0.25, 0.3) is 0 Å². The quantitative estimate of drug-likeness (QED) is 0.338. The maximum Gasteiger partial charge on any atom is 0.177 e. The molecule has 2 aromatic heterocycles. The minimum Gasteiger partial charge on any atom is -0.293 e. The number of thiophene rings is 1. The molecule has 0 spiro atoms. The Hall–Kier alpha value is -3.18. The van der Waals surface area contributed by atoms with Gasteiger partial charge >= 0.3 is 0 Å². The molecule has 0 unspecified atom stereocenters. The van der Waals surface area contributed by atoms with Crippen LogP contribution in [0.1, 0.15) is 32.8 Å². The first-order valence-corrected chi connectivity index (χ1v) is 11.1. The SMILES string of the molecule is O=C(Cc1c(F)cccc1F)c1cc2c(s1)-c1cc(-c3ccccn3)ccc1CCC2. The number of rotatable bonds is 4. The van der Waals surface area contributed by atoms with Gasteiger partial charge in [0.15, 0.2) is 5.78 Å². The fourth-order valence-corrected chi connectivity index (χ4v) is 5.30. The van der Waals surface area contributed by atoms with E-state index in [0.29, 0.717) is 4.88 Å². The molecule has 2 nitrogen and oxygen atoms in total. The van der Waals surface area contributed by atoms with Crippen LogP contribution in [0.15, 0.2) is 66.9 Å². The van der Waals surface area contributed by atoms with E-state index >= 15 is 0 Å². The third-order valence-electron chi connectivity index (χ3n) is 5.69. The third-order valence-corrected chi connectivity index (χ3v) is 6.94. The highest BCUT2D eigenvalue weighted by Crippen LogP contribution is 2.40. The number of benzene rings is 2. The summed E-state index contributed by atoms with van der Waals surface area (Å²) in [6.07, 6.45) is 4.34. The topological polar surface area (TPSA) is 30.0 Å². The summed E-state index contributed by atoms with van der Waals surface area (Å²) in [4.78, 5) is 19.0. The van der Waals surface area contributed by atoms with Gasteiger partial charge in [-0.1, -0.05) is 24.3 Å². The van der Waals surface area contributed by atoms with Gasteiger partial charge in [-0.2, -0.15) is 0 Å². The number of aromatic nitrogens is 1. The summed E-state index contributed by atoms with van der Waals surface area (Å²) in [5.74, 6) is -1.63. The molecule has 0 atom stereocenters. The summed E-state index contributed by atoms with van der Waals surface area (Å²) in [6, 6.07) is 17.8. The molecule has 0 saturated carbocycles. The van der Waals surface area contributed by atoms with Crippen LogP contribution in [0.2, 0.25) is 0 Å². The van der Waals surface area contributed by atoms with E-state index in [4.69, 9.17) is 0 Å². The van der Waals surface area contributed by atoms with Gasteiger partial charge in [0, 0.05) is 28.6 Å². The van der Waals surface area contributed by atoms with Gasteiger partial charge in [-0.15, -0.1) is 11.3 Å². The first-order valence-electron chi connectivity index (χ1n) is 10.2. The van der Waals surface area contributed by atoms with Gasteiger partial charge < -0.3 is 0 Å². The average Bonchev–Trinajstić information content (AvgIpc) is 3.14. The standard InChI is InChI=1S/C26H19F2NOS/c27-21-7-4-8-22(28)20(21)15-24(30)25-14-18-6-3-5-16-10-11-17(13-19(16)26(18)31-25)23-9-1-2-12-29-23/h1-2,4,7-14H,3,5-6,15H2. The van der Waals surface area contributed by atoms with Crippen molar-refractivity contribution in [1.29, 1.82) is 0 Å². The fraction of sp³-hybridized carbons (Fsp3) is 0.154. The van der Waals surface area contributed by atoms with Crippen molar-refractivity contribution in [1.82, 2.24) is 4.98 Å². The number of ketones is 1. The molecule has 0 aliphatic heterocycles. The zero-order chi connectivity index (χ0) is 21.4. The molecule has 0 bridgehead atoms. The van der Waals surface area contributed by atoms with Crippen LogP contribution in [0.25, 0.3) is 21.7 Å². The number of pyridine rings is 1. The first-order chi connectivity index (χ1) is 15.1. The van der Waals surface area contributed by atoms with Crippen LogP contribution in [0.3, 0.4) is 0 Å². The molecule has 2 heterocycles. The van der Waals surface area contributed by atoms with Crippen LogP contribution in [0, 0.1) is 11.6 Å². The molecular weight excluding hydrogens is 412 g/mol. The highest BCUT2D eigenvalue weighted by Gasteiger charge is 2.22. The Labute approximate surface area is 183 Å². The molecular formula is C26H19F2NOS. The smallest absolute Gasteiger partial charge is 0.177 e. The van der Waals surface area contributed by atoms with Gasteiger partial charge in [0.1, 0.15) is 11.6 Å². The fourth-order valence-electron chi connectivity index (χ4n) is 4.10. The maximum atomic E-state index is 14.0. The van der Waals surface area contributed by atoms with E-state index in [1.54, 1.807) is 6.20 Å². The van der Waals surface area contributed by atoms with E-state index in [1.807, 2.05) is 24.3 Å². The molecule has 1 aliphatic rings. The van der Waals surface area contributed by atoms with E-state index in [-0.39, 0.29) is 17.8 Å². The second kappa shape index (κ2) is 8.16. The number of hydrogen-bond acceptors (Lipinski definition) is 3. The van der Waals surface area contributed by atoms with Crippen LogP contribution in [-0.2, 0) is 19.3 Å². The number of Topliss-reactive ketones (excluding diaryl/α,β-unsaturated/α-hetero) is 1. The highest BCUT2D eigenvalue weighted by molar-refractivity contribution is 7.17. The predicted molar refractivity (Wildman–Crippen MR) is 119 cm³/mol. The molecule has 2 aromatic carbocycles. The summed E-state index contributed by atoms with van der Waals surface area (Å²) >= 11 is 1.42. The number of carbonyl (C=O) groups is 1. The Bertz CT molecular complexity index is 1260. The summed E-state index contributed by atoms with van der Waals surface area (Å²) in [7, 11) is 0. The molecule has 1 aliphatic carbocycles. The number of aryl methyl sites for hydroxylation is 2. The first kappa shape index (κ1) is 19.8. The molecule has 5 rings (SSSR count). The van der Waals surface area contributed by atoms with Crippen molar-refractivity contribution in [2.45, 2.75) is 25.7 Å². The van der Waals surface area contributed by atoms with Crippen LogP contribution < -0.4 is 0 Å². The summed E-state index contributed by atoms with van der Waals surface area (Å²) in [5.41, 5.74) is 5.25. The Morgan fingerprint density at radius 1 is 0.935 bits per heavy atom. The Balaban J connectivity index is 1.53.